The maximum atomic E-state index is 6.03. The molecule has 4 nitrogen and oxygen atoms in total. The van der Waals surface area contributed by atoms with Crippen molar-refractivity contribution in [1.82, 2.24) is 9.78 Å². The molecule has 0 unspecified atom stereocenters. The second kappa shape index (κ2) is 5.87. The van der Waals surface area contributed by atoms with Crippen LogP contribution in [0.5, 0.6) is 5.75 Å². The van der Waals surface area contributed by atoms with Gasteiger partial charge in [-0.2, -0.15) is 5.10 Å². The summed E-state index contributed by atoms with van der Waals surface area (Å²) in [4.78, 5) is 0. The predicted octanol–water partition coefficient (Wildman–Crippen LogP) is 3.52. The molecular formula is C15H20BrN3O. The minimum atomic E-state index is 0.443. The van der Waals surface area contributed by atoms with Crippen molar-refractivity contribution in [3.8, 4) is 5.75 Å². The van der Waals surface area contributed by atoms with Gasteiger partial charge in [-0.05, 0) is 53.4 Å². The van der Waals surface area contributed by atoms with Gasteiger partial charge in [-0.15, -0.1) is 0 Å². The lowest BCUT2D eigenvalue weighted by molar-refractivity contribution is 0.293. The van der Waals surface area contributed by atoms with Crippen LogP contribution in [0.3, 0.4) is 0 Å². The minimum Gasteiger partial charge on any atom is -0.485 e. The highest BCUT2D eigenvalue weighted by Gasteiger charge is 2.14. The predicted molar refractivity (Wildman–Crippen MR) is 84.9 cm³/mol. The molecule has 0 fully saturated rings. The summed E-state index contributed by atoms with van der Waals surface area (Å²) in [6.45, 7) is 6.56. The summed E-state index contributed by atoms with van der Waals surface area (Å²) in [6, 6.07) is 4.00. The molecule has 1 heterocycles. The first-order chi connectivity index (χ1) is 9.43. The van der Waals surface area contributed by atoms with Gasteiger partial charge in [0.15, 0.2) is 0 Å². The number of benzene rings is 1. The van der Waals surface area contributed by atoms with Crippen molar-refractivity contribution < 1.29 is 4.74 Å². The van der Waals surface area contributed by atoms with Crippen molar-refractivity contribution in [2.45, 2.75) is 33.8 Å². The van der Waals surface area contributed by atoms with E-state index in [1.165, 1.54) is 0 Å². The summed E-state index contributed by atoms with van der Waals surface area (Å²) >= 11 is 3.59. The van der Waals surface area contributed by atoms with Crippen molar-refractivity contribution in [2.75, 3.05) is 5.73 Å². The number of aromatic nitrogens is 2. The van der Waals surface area contributed by atoms with E-state index < -0.39 is 0 Å². The zero-order chi connectivity index (χ0) is 14.9. The lowest BCUT2D eigenvalue weighted by atomic mass is 10.1. The fourth-order valence-corrected chi connectivity index (χ4v) is 3.03. The number of rotatable bonds is 4. The molecule has 108 valence electrons. The zero-order valence-corrected chi connectivity index (χ0v) is 13.9. The van der Waals surface area contributed by atoms with Crippen LogP contribution in [0.1, 0.15) is 29.4 Å². The lowest BCUT2D eigenvalue weighted by Crippen LogP contribution is -2.06. The van der Waals surface area contributed by atoms with E-state index in [-0.39, 0.29) is 0 Å². The summed E-state index contributed by atoms with van der Waals surface area (Å²) in [5.41, 5.74) is 11.0. The minimum absolute atomic E-state index is 0.443. The molecule has 1 aromatic carbocycles. The highest BCUT2D eigenvalue weighted by atomic mass is 79.9. The summed E-state index contributed by atoms with van der Waals surface area (Å²) < 4.78 is 8.78. The molecule has 2 N–H and O–H groups in total. The summed E-state index contributed by atoms with van der Waals surface area (Å²) in [5, 5.41) is 4.46. The molecule has 0 atom stereocenters. The van der Waals surface area contributed by atoms with Gasteiger partial charge in [-0.1, -0.05) is 13.0 Å². The first kappa shape index (κ1) is 14.9. The van der Waals surface area contributed by atoms with E-state index in [9.17, 15) is 0 Å². The van der Waals surface area contributed by atoms with Crippen LogP contribution in [0.4, 0.5) is 5.69 Å². The molecule has 0 saturated carbocycles. The van der Waals surface area contributed by atoms with Crippen LogP contribution in [0.15, 0.2) is 16.6 Å². The summed E-state index contributed by atoms with van der Waals surface area (Å²) in [6.07, 6.45) is 0.889. The monoisotopic (exact) mass is 337 g/mol. The Kier molecular flexibility index (Phi) is 4.38. The molecule has 0 aliphatic heterocycles. The third kappa shape index (κ3) is 2.82. The topological polar surface area (TPSA) is 53.1 Å². The Labute approximate surface area is 128 Å². The molecule has 0 aliphatic rings. The van der Waals surface area contributed by atoms with Crippen LogP contribution in [-0.4, -0.2) is 9.78 Å². The summed E-state index contributed by atoms with van der Waals surface area (Å²) in [7, 11) is 1.92. The second-order valence-corrected chi connectivity index (χ2v) is 5.77. The van der Waals surface area contributed by atoms with Crippen molar-refractivity contribution in [1.29, 1.82) is 0 Å². The normalized spacial score (nSPS) is 10.8. The number of hydrogen-bond donors (Lipinski definition) is 1. The Morgan fingerprint density at radius 3 is 2.60 bits per heavy atom. The number of nitrogens with two attached hydrogens (primary N) is 1. The van der Waals surface area contributed by atoms with Crippen LogP contribution in [0.2, 0.25) is 0 Å². The molecular weight excluding hydrogens is 318 g/mol. The average molecular weight is 338 g/mol. The largest absolute Gasteiger partial charge is 0.485 e. The van der Waals surface area contributed by atoms with E-state index in [1.54, 1.807) is 0 Å². The van der Waals surface area contributed by atoms with Crippen LogP contribution in [-0.2, 0) is 20.1 Å². The zero-order valence-electron chi connectivity index (χ0n) is 12.3. The fourth-order valence-electron chi connectivity index (χ4n) is 2.30. The molecule has 2 rings (SSSR count). The van der Waals surface area contributed by atoms with Gasteiger partial charge in [0.05, 0.1) is 21.5 Å². The van der Waals surface area contributed by atoms with Crippen LogP contribution in [0.25, 0.3) is 0 Å². The lowest BCUT2D eigenvalue weighted by Gasteiger charge is -2.13. The number of hydrogen-bond acceptors (Lipinski definition) is 3. The summed E-state index contributed by atoms with van der Waals surface area (Å²) in [5.74, 6) is 0.752. The van der Waals surface area contributed by atoms with Crippen molar-refractivity contribution in [3.05, 3.63) is 39.1 Å². The van der Waals surface area contributed by atoms with Gasteiger partial charge < -0.3 is 10.5 Å². The SMILES string of the molecule is CCc1nn(C)c(COc2c(C)cc(C)cc2N)c1Br. The Morgan fingerprint density at radius 2 is 2.05 bits per heavy atom. The van der Waals surface area contributed by atoms with Gasteiger partial charge in [-0.25, -0.2) is 0 Å². The molecule has 0 amide bonds. The third-order valence-electron chi connectivity index (χ3n) is 3.30. The number of halogens is 1. The van der Waals surface area contributed by atoms with E-state index in [0.29, 0.717) is 12.3 Å². The van der Waals surface area contributed by atoms with Crippen LogP contribution in [0, 0.1) is 13.8 Å². The Balaban J connectivity index is 2.24. The van der Waals surface area contributed by atoms with Crippen molar-refractivity contribution in [3.63, 3.8) is 0 Å². The van der Waals surface area contributed by atoms with E-state index in [1.807, 2.05) is 31.6 Å². The molecule has 0 aliphatic carbocycles. The molecule has 2 aromatic rings. The van der Waals surface area contributed by atoms with Gasteiger partial charge in [-0.3, -0.25) is 4.68 Å². The van der Waals surface area contributed by atoms with Gasteiger partial charge in [0.1, 0.15) is 12.4 Å². The highest BCUT2D eigenvalue weighted by molar-refractivity contribution is 9.10. The Morgan fingerprint density at radius 1 is 1.35 bits per heavy atom. The molecule has 20 heavy (non-hydrogen) atoms. The third-order valence-corrected chi connectivity index (χ3v) is 4.22. The standard InChI is InChI=1S/C15H20BrN3O/c1-5-12-14(16)13(19(4)18-12)8-20-15-10(3)6-9(2)7-11(15)17/h6-7H,5,8,17H2,1-4H3. The first-order valence-corrected chi connectivity index (χ1v) is 7.43. The van der Waals surface area contributed by atoms with Crippen molar-refractivity contribution >= 4 is 21.6 Å². The van der Waals surface area contributed by atoms with E-state index in [2.05, 4.69) is 34.0 Å². The van der Waals surface area contributed by atoms with Crippen molar-refractivity contribution in [2.24, 2.45) is 7.05 Å². The van der Waals surface area contributed by atoms with E-state index in [4.69, 9.17) is 10.5 Å². The molecule has 0 radical (unpaired) electrons. The fraction of sp³-hybridized carbons (Fsp3) is 0.400. The number of anilines is 1. The maximum Gasteiger partial charge on any atom is 0.145 e. The van der Waals surface area contributed by atoms with Crippen LogP contribution < -0.4 is 10.5 Å². The Hall–Kier alpha value is -1.49. The molecule has 0 saturated heterocycles. The molecule has 1 aromatic heterocycles. The number of ether oxygens (including phenoxy) is 1. The quantitative estimate of drug-likeness (QED) is 0.868. The second-order valence-electron chi connectivity index (χ2n) is 4.97. The van der Waals surface area contributed by atoms with Gasteiger partial charge in [0.2, 0.25) is 0 Å². The Bertz CT molecular complexity index is 611. The average Bonchev–Trinajstić information content (AvgIpc) is 2.64. The van der Waals surface area contributed by atoms with Crippen LogP contribution >= 0.6 is 15.9 Å². The first-order valence-electron chi connectivity index (χ1n) is 6.63. The molecule has 5 heteroatoms. The number of nitrogen functional groups attached to an aromatic ring is 1. The maximum absolute atomic E-state index is 6.03. The van der Waals surface area contributed by atoms with E-state index in [0.717, 1.165) is 39.2 Å². The van der Waals surface area contributed by atoms with Gasteiger partial charge >= 0.3 is 0 Å². The number of nitrogens with zero attached hydrogens (tertiary/aromatic N) is 2. The van der Waals surface area contributed by atoms with Gasteiger partial charge in [0, 0.05) is 7.05 Å². The number of aryl methyl sites for hydroxylation is 4. The molecule has 0 spiro atoms. The van der Waals surface area contributed by atoms with Gasteiger partial charge in [0.25, 0.3) is 0 Å². The smallest absolute Gasteiger partial charge is 0.145 e. The molecule has 0 bridgehead atoms. The van der Waals surface area contributed by atoms with E-state index >= 15 is 0 Å². The highest BCUT2D eigenvalue weighted by Crippen LogP contribution is 2.29.